The van der Waals surface area contributed by atoms with Gasteiger partial charge >= 0.3 is 0 Å². The van der Waals surface area contributed by atoms with Crippen LogP contribution < -0.4 is 0 Å². The quantitative estimate of drug-likeness (QED) is 0.607. The minimum Gasteiger partial charge on any atom is -0.345 e. The van der Waals surface area contributed by atoms with Crippen molar-refractivity contribution in [3.8, 4) is 10.6 Å². The van der Waals surface area contributed by atoms with E-state index in [9.17, 15) is 8.42 Å². The van der Waals surface area contributed by atoms with Gasteiger partial charge in [-0.3, -0.25) is 0 Å². The van der Waals surface area contributed by atoms with Crippen LogP contribution in [-0.2, 0) is 15.6 Å². The van der Waals surface area contributed by atoms with Crippen molar-refractivity contribution in [3.63, 3.8) is 0 Å². The molecule has 0 aliphatic rings. The van der Waals surface area contributed by atoms with E-state index in [2.05, 4.69) is 20.2 Å². The number of aromatic amines is 1. The molecule has 0 fully saturated rings. The van der Waals surface area contributed by atoms with Crippen LogP contribution in [0.3, 0.4) is 0 Å². The molecule has 0 unspecified atom stereocenters. The molecule has 0 saturated heterocycles. The lowest BCUT2D eigenvalue weighted by atomic mass is 10.2. The Kier molecular flexibility index (Phi) is 3.62. The van der Waals surface area contributed by atoms with E-state index < -0.39 is 9.84 Å². The number of nitrogens with one attached hydrogen (secondary N) is 1. The summed E-state index contributed by atoms with van der Waals surface area (Å²) in [5.41, 5.74) is 2.66. The fourth-order valence-corrected chi connectivity index (χ4v) is 4.82. The summed E-state index contributed by atoms with van der Waals surface area (Å²) >= 11 is 1.28. The van der Waals surface area contributed by atoms with E-state index in [1.54, 1.807) is 36.7 Å². The minimum absolute atomic E-state index is 0.152. The van der Waals surface area contributed by atoms with E-state index in [0.29, 0.717) is 14.9 Å². The number of hydrogen-bond acceptors (Lipinski definition) is 6. The molecule has 0 atom stereocenters. The molecule has 0 aliphatic carbocycles. The van der Waals surface area contributed by atoms with Crippen molar-refractivity contribution in [2.45, 2.75) is 10.6 Å². The second-order valence-corrected chi connectivity index (χ2v) is 8.26. The van der Waals surface area contributed by atoms with Gasteiger partial charge in [-0.1, -0.05) is 29.5 Å². The first-order valence-electron chi connectivity index (χ1n) is 7.15. The Morgan fingerprint density at radius 1 is 1.04 bits per heavy atom. The molecular weight excluding hydrogens is 344 g/mol. The maximum atomic E-state index is 12.4. The Morgan fingerprint density at radius 3 is 2.71 bits per heavy atom. The second-order valence-electron chi connectivity index (χ2n) is 5.21. The number of benzene rings is 2. The number of hydrogen-bond donors (Lipinski definition) is 1. The largest absolute Gasteiger partial charge is 0.345 e. The maximum absolute atomic E-state index is 12.4. The average molecular weight is 356 g/mol. The third-order valence-corrected chi connectivity index (χ3v) is 6.35. The lowest BCUT2D eigenvalue weighted by Crippen LogP contribution is -2.04. The first-order chi connectivity index (χ1) is 11.6. The molecule has 24 heavy (non-hydrogen) atoms. The smallest absolute Gasteiger partial charge is 0.184 e. The number of nitrogens with zero attached hydrogens (tertiary/aromatic N) is 3. The minimum atomic E-state index is -3.42. The summed E-state index contributed by atoms with van der Waals surface area (Å²) in [5.74, 6) is -0.152. The highest BCUT2D eigenvalue weighted by atomic mass is 32.2. The zero-order chi connectivity index (χ0) is 16.6. The summed E-state index contributed by atoms with van der Waals surface area (Å²) in [4.78, 5) is 7.51. The highest BCUT2D eigenvalue weighted by Gasteiger charge is 2.18. The Morgan fingerprint density at radius 2 is 1.88 bits per heavy atom. The molecule has 0 radical (unpaired) electrons. The van der Waals surface area contributed by atoms with E-state index in [0.717, 1.165) is 16.6 Å². The summed E-state index contributed by atoms with van der Waals surface area (Å²) in [6, 6.07) is 14.1. The van der Waals surface area contributed by atoms with Crippen molar-refractivity contribution in [2.75, 3.05) is 0 Å². The SMILES string of the molecule is O=S(=O)(Cc1nnc(-c2ccc3nc[nH]c3c2)s1)c1ccccc1. The van der Waals surface area contributed by atoms with E-state index in [1.807, 2.05) is 18.2 Å². The Labute approximate surface area is 142 Å². The van der Waals surface area contributed by atoms with Gasteiger partial charge in [-0.05, 0) is 30.3 Å². The van der Waals surface area contributed by atoms with Crippen molar-refractivity contribution in [3.05, 3.63) is 59.9 Å². The molecule has 0 saturated carbocycles. The monoisotopic (exact) mass is 356 g/mol. The van der Waals surface area contributed by atoms with E-state index in [-0.39, 0.29) is 5.75 Å². The summed E-state index contributed by atoms with van der Waals surface area (Å²) in [6.45, 7) is 0. The van der Waals surface area contributed by atoms with Crippen LogP contribution in [0.4, 0.5) is 0 Å². The molecule has 4 aromatic rings. The van der Waals surface area contributed by atoms with Gasteiger partial charge in [0.1, 0.15) is 15.8 Å². The molecule has 2 aromatic carbocycles. The van der Waals surface area contributed by atoms with Gasteiger partial charge in [0.2, 0.25) is 0 Å². The molecule has 0 aliphatic heterocycles. The van der Waals surface area contributed by atoms with Gasteiger partial charge in [0.15, 0.2) is 9.84 Å². The molecule has 0 spiro atoms. The van der Waals surface area contributed by atoms with Crippen molar-refractivity contribution in [1.82, 2.24) is 20.2 Å². The number of imidazole rings is 1. The Bertz CT molecular complexity index is 1100. The van der Waals surface area contributed by atoms with Crippen LogP contribution in [0.1, 0.15) is 5.01 Å². The Balaban J connectivity index is 1.63. The van der Waals surface area contributed by atoms with Gasteiger partial charge in [-0.15, -0.1) is 10.2 Å². The molecule has 120 valence electrons. The van der Waals surface area contributed by atoms with Crippen LogP contribution in [0, 0.1) is 0 Å². The second kappa shape index (κ2) is 5.81. The third kappa shape index (κ3) is 2.81. The standard InChI is InChI=1S/C16H12N4O2S2/c21-24(22,12-4-2-1-3-5-12)9-15-19-20-16(23-15)11-6-7-13-14(8-11)18-10-17-13/h1-8,10H,9H2,(H,17,18). The number of H-pyrrole nitrogens is 1. The molecular formula is C16H12N4O2S2. The van der Waals surface area contributed by atoms with Crippen LogP contribution in [0.2, 0.25) is 0 Å². The molecule has 4 rings (SSSR count). The number of fused-ring (bicyclic) bond motifs is 1. The number of aromatic nitrogens is 4. The molecule has 0 bridgehead atoms. The molecule has 0 amide bonds. The van der Waals surface area contributed by atoms with Crippen LogP contribution in [0.25, 0.3) is 21.6 Å². The summed E-state index contributed by atoms with van der Waals surface area (Å²) in [7, 11) is -3.42. The van der Waals surface area contributed by atoms with Crippen molar-refractivity contribution in [2.24, 2.45) is 0 Å². The van der Waals surface area contributed by atoms with Crippen molar-refractivity contribution >= 4 is 32.2 Å². The van der Waals surface area contributed by atoms with Crippen LogP contribution in [0.15, 0.2) is 59.8 Å². The van der Waals surface area contributed by atoms with Crippen LogP contribution >= 0.6 is 11.3 Å². The van der Waals surface area contributed by atoms with Crippen LogP contribution in [0.5, 0.6) is 0 Å². The van der Waals surface area contributed by atoms with E-state index in [4.69, 9.17) is 0 Å². The highest BCUT2D eigenvalue weighted by Crippen LogP contribution is 2.27. The fraction of sp³-hybridized carbons (Fsp3) is 0.0625. The summed E-state index contributed by atoms with van der Waals surface area (Å²) < 4.78 is 24.8. The number of sulfone groups is 1. The fourth-order valence-electron chi connectivity index (χ4n) is 2.37. The predicted molar refractivity (Wildman–Crippen MR) is 92.3 cm³/mol. The molecule has 2 heterocycles. The molecule has 8 heteroatoms. The number of rotatable bonds is 4. The zero-order valence-electron chi connectivity index (χ0n) is 12.4. The lowest BCUT2D eigenvalue weighted by Gasteiger charge is -2.00. The van der Waals surface area contributed by atoms with Gasteiger partial charge in [0, 0.05) is 5.56 Å². The third-order valence-electron chi connectivity index (χ3n) is 3.55. The van der Waals surface area contributed by atoms with E-state index in [1.165, 1.54) is 11.3 Å². The lowest BCUT2D eigenvalue weighted by molar-refractivity contribution is 0.595. The normalized spacial score (nSPS) is 11.8. The first kappa shape index (κ1) is 15.0. The molecule has 1 N–H and O–H groups in total. The molecule has 2 aromatic heterocycles. The van der Waals surface area contributed by atoms with Gasteiger partial charge in [0.05, 0.1) is 22.3 Å². The van der Waals surface area contributed by atoms with Gasteiger partial charge in [0.25, 0.3) is 0 Å². The van der Waals surface area contributed by atoms with Crippen molar-refractivity contribution in [1.29, 1.82) is 0 Å². The molecule has 6 nitrogen and oxygen atoms in total. The van der Waals surface area contributed by atoms with Gasteiger partial charge < -0.3 is 4.98 Å². The predicted octanol–water partition coefficient (Wildman–Crippen LogP) is 3.06. The van der Waals surface area contributed by atoms with Gasteiger partial charge in [-0.25, -0.2) is 13.4 Å². The first-order valence-corrected chi connectivity index (χ1v) is 9.62. The van der Waals surface area contributed by atoms with E-state index >= 15 is 0 Å². The maximum Gasteiger partial charge on any atom is 0.184 e. The van der Waals surface area contributed by atoms with Gasteiger partial charge in [-0.2, -0.15) is 0 Å². The topological polar surface area (TPSA) is 88.6 Å². The Hall–Kier alpha value is -2.58. The summed E-state index contributed by atoms with van der Waals surface area (Å²) in [6.07, 6.45) is 1.63. The van der Waals surface area contributed by atoms with Crippen molar-refractivity contribution < 1.29 is 8.42 Å². The highest BCUT2D eigenvalue weighted by molar-refractivity contribution is 7.90. The van der Waals surface area contributed by atoms with Crippen LogP contribution in [-0.4, -0.2) is 28.6 Å². The average Bonchev–Trinajstić information content (AvgIpc) is 3.23. The zero-order valence-corrected chi connectivity index (χ0v) is 14.0. The summed E-state index contributed by atoms with van der Waals surface area (Å²) in [5, 5.41) is 9.32.